The van der Waals surface area contributed by atoms with Crippen LogP contribution in [0.5, 0.6) is 0 Å². The van der Waals surface area contributed by atoms with Crippen molar-refractivity contribution in [1.82, 2.24) is 4.68 Å². The molecule has 0 aliphatic carbocycles. The molecule has 2 aromatic rings. The van der Waals surface area contributed by atoms with Crippen LogP contribution in [-0.4, -0.2) is 14.9 Å². The Labute approximate surface area is 151 Å². The van der Waals surface area contributed by atoms with Crippen LogP contribution in [0.4, 0.5) is 0 Å². The minimum Gasteiger partial charge on any atom is -0.266 e. The molecule has 0 spiro atoms. The lowest BCUT2D eigenvalue weighted by Gasteiger charge is -2.20. The molecule has 2 heterocycles. The van der Waals surface area contributed by atoms with E-state index in [1.807, 2.05) is 74.0 Å². The summed E-state index contributed by atoms with van der Waals surface area (Å²) in [6.45, 7) is 5.93. The minimum absolute atomic E-state index is 0.0757. The molecular formula is C19H18N2OS2. The first-order valence-electron chi connectivity index (χ1n) is 7.64. The van der Waals surface area contributed by atoms with E-state index in [9.17, 15) is 4.79 Å². The average Bonchev–Trinajstić information content (AvgIpc) is 3.00. The van der Waals surface area contributed by atoms with E-state index >= 15 is 0 Å². The second-order valence-corrected chi connectivity index (χ2v) is 7.40. The van der Waals surface area contributed by atoms with E-state index in [-0.39, 0.29) is 5.91 Å². The highest BCUT2D eigenvalue weighted by Crippen LogP contribution is 2.32. The van der Waals surface area contributed by atoms with Gasteiger partial charge in [-0.3, -0.25) is 9.47 Å². The maximum Gasteiger partial charge on any atom is 0.285 e. The van der Waals surface area contributed by atoms with Crippen molar-refractivity contribution in [1.29, 1.82) is 0 Å². The lowest BCUT2D eigenvalue weighted by atomic mass is 10.1. The lowest BCUT2D eigenvalue weighted by molar-refractivity contribution is -0.114. The molecule has 3 nitrogen and oxygen atoms in total. The zero-order chi connectivity index (χ0) is 17.3. The Bertz CT molecular complexity index is 843. The van der Waals surface area contributed by atoms with Gasteiger partial charge >= 0.3 is 0 Å². The number of hydrogen-bond acceptors (Lipinski definition) is 3. The van der Waals surface area contributed by atoms with Crippen LogP contribution in [0.25, 0.3) is 6.08 Å². The summed E-state index contributed by atoms with van der Waals surface area (Å²) in [5.41, 5.74) is 4.10. The number of hydrogen-bond donors (Lipinski definition) is 0. The third-order valence-corrected chi connectivity index (χ3v) is 5.04. The van der Waals surface area contributed by atoms with Gasteiger partial charge in [-0.2, -0.15) is 5.01 Å². The summed E-state index contributed by atoms with van der Waals surface area (Å²) in [5, 5.41) is 1.58. The standard InChI is InChI=1S/C19H18N2OS2/c1-13(11-16-7-5-4-6-8-16)12-17-18(22)21(19(23)24-17)20-14(2)9-10-15(20)3/h4-12H,1-3H3/b13-11+,17-12+. The minimum atomic E-state index is -0.0757. The number of benzene rings is 1. The van der Waals surface area contributed by atoms with Crippen LogP contribution in [0.1, 0.15) is 23.9 Å². The summed E-state index contributed by atoms with van der Waals surface area (Å²) in [6.07, 6.45) is 3.96. The number of carbonyl (C=O) groups excluding carboxylic acids is 1. The topological polar surface area (TPSA) is 25.2 Å². The summed E-state index contributed by atoms with van der Waals surface area (Å²) in [7, 11) is 0. The molecule has 0 radical (unpaired) electrons. The predicted octanol–water partition coefficient (Wildman–Crippen LogP) is 4.59. The highest BCUT2D eigenvalue weighted by molar-refractivity contribution is 8.27. The number of amides is 1. The molecule has 122 valence electrons. The highest BCUT2D eigenvalue weighted by Gasteiger charge is 2.34. The van der Waals surface area contributed by atoms with Gasteiger partial charge in [0, 0.05) is 11.4 Å². The van der Waals surface area contributed by atoms with Crippen molar-refractivity contribution >= 4 is 40.3 Å². The number of nitrogens with zero attached hydrogens (tertiary/aromatic N) is 2. The Hall–Kier alpha value is -2.11. The van der Waals surface area contributed by atoms with Gasteiger partial charge in [0.2, 0.25) is 0 Å². The second kappa shape index (κ2) is 6.79. The van der Waals surface area contributed by atoms with Crippen molar-refractivity contribution in [3.05, 3.63) is 76.0 Å². The Morgan fingerprint density at radius 1 is 1.08 bits per heavy atom. The molecule has 1 amide bonds. The SMILES string of the molecule is CC(=C\c1ccccc1)/C=C1/SC(=S)N(n2c(C)ccc2C)C1=O. The molecule has 24 heavy (non-hydrogen) atoms. The van der Waals surface area contributed by atoms with Gasteiger partial charge in [-0.1, -0.05) is 48.2 Å². The number of allylic oxidation sites excluding steroid dienone is 2. The normalized spacial score (nSPS) is 17.2. The highest BCUT2D eigenvalue weighted by atomic mass is 32.2. The first-order valence-corrected chi connectivity index (χ1v) is 8.86. The van der Waals surface area contributed by atoms with Crippen molar-refractivity contribution in [3.8, 4) is 0 Å². The quantitative estimate of drug-likeness (QED) is 0.595. The Morgan fingerprint density at radius 2 is 1.71 bits per heavy atom. The summed E-state index contributed by atoms with van der Waals surface area (Å²) in [5.74, 6) is -0.0757. The van der Waals surface area contributed by atoms with E-state index in [2.05, 4.69) is 6.08 Å². The molecule has 0 unspecified atom stereocenters. The van der Waals surface area contributed by atoms with Crippen LogP contribution >= 0.6 is 24.0 Å². The molecule has 0 saturated carbocycles. The Kier molecular flexibility index (Phi) is 4.73. The first kappa shape index (κ1) is 16.7. The molecule has 1 fully saturated rings. The Morgan fingerprint density at radius 3 is 2.33 bits per heavy atom. The van der Waals surface area contributed by atoms with Crippen molar-refractivity contribution in [2.45, 2.75) is 20.8 Å². The van der Waals surface area contributed by atoms with E-state index in [4.69, 9.17) is 12.2 Å². The van der Waals surface area contributed by atoms with Crippen LogP contribution in [0.15, 0.2) is 59.0 Å². The smallest absolute Gasteiger partial charge is 0.266 e. The third-order valence-electron chi connectivity index (χ3n) is 3.76. The average molecular weight is 355 g/mol. The van der Waals surface area contributed by atoms with Gasteiger partial charge < -0.3 is 0 Å². The maximum atomic E-state index is 12.8. The summed E-state index contributed by atoms with van der Waals surface area (Å²) in [6, 6.07) is 14.0. The number of aryl methyl sites for hydroxylation is 2. The molecule has 1 aliphatic heterocycles. The number of rotatable bonds is 3. The fraction of sp³-hybridized carbons (Fsp3) is 0.158. The van der Waals surface area contributed by atoms with Crippen LogP contribution in [0.3, 0.4) is 0 Å². The van der Waals surface area contributed by atoms with Crippen LogP contribution in [0.2, 0.25) is 0 Å². The van der Waals surface area contributed by atoms with Crippen molar-refractivity contribution in [2.75, 3.05) is 5.01 Å². The molecule has 3 rings (SSSR count). The molecule has 1 aromatic heterocycles. The van der Waals surface area contributed by atoms with Crippen LogP contribution in [0, 0.1) is 13.8 Å². The van der Waals surface area contributed by atoms with Gasteiger partial charge in [0.05, 0.1) is 4.91 Å². The van der Waals surface area contributed by atoms with Gasteiger partial charge in [0.1, 0.15) is 0 Å². The summed E-state index contributed by atoms with van der Waals surface area (Å²) >= 11 is 6.77. The van der Waals surface area contributed by atoms with Crippen molar-refractivity contribution in [2.24, 2.45) is 0 Å². The third kappa shape index (κ3) is 3.23. The number of thioether (sulfide) groups is 1. The molecule has 5 heteroatoms. The van der Waals surface area contributed by atoms with E-state index in [1.165, 1.54) is 11.8 Å². The summed E-state index contributed by atoms with van der Waals surface area (Å²) in [4.78, 5) is 13.5. The van der Waals surface area contributed by atoms with Gasteiger partial charge in [-0.05, 0) is 62.3 Å². The lowest BCUT2D eigenvalue weighted by Crippen LogP contribution is -2.39. The van der Waals surface area contributed by atoms with Gasteiger partial charge in [0.25, 0.3) is 5.91 Å². The fourth-order valence-corrected chi connectivity index (χ4v) is 3.96. The molecule has 0 N–H and O–H groups in total. The van der Waals surface area contributed by atoms with E-state index < -0.39 is 0 Å². The monoisotopic (exact) mass is 354 g/mol. The zero-order valence-corrected chi connectivity index (χ0v) is 15.4. The predicted molar refractivity (Wildman–Crippen MR) is 105 cm³/mol. The molecule has 1 aliphatic rings. The summed E-state index contributed by atoms with van der Waals surface area (Å²) < 4.78 is 2.43. The fourth-order valence-electron chi connectivity index (χ4n) is 2.67. The number of thiocarbonyl (C=S) groups is 1. The van der Waals surface area contributed by atoms with Crippen LogP contribution in [-0.2, 0) is 4.79 Å². The van der Waals surface area contributed by atoms with E-state index in [0.717, 1.165) is 22.5 Å². The van der Waals surface area contributed by atoms with Gasteiger partial charge in [-0.25, -0.2) is 0 Å². The van der Waals surface area contributed by atoms with E-state index in [1.54, 1.807) is 5.01 Å². The van der Waals surface area contributed by atoms with E-state index in [0.29, 0.717) is 9.23 Å². The molecule has 0 bridgehead atoms. The van der Waals surface area contributed by atoms with Crippen molar-refractivity contribution < 1.29 is 4.79 Å². The first-order chi connectivity index (χ1) is 11.5. The van der Waals surface area contributed by atoms with Gasteiger partial charge in [0.15, 0.2) is 4.32 Å². The number of aromatic nitrogens is 1. The van der Waals surface area contributed by atoms with Crippen molar-refractivity contribution in [3.63, 3.8) is 0 Å². The Balaban J connectivity index is 1.90. The largest absolute Gasteiger partial charge is 0.285 e. The molecule has 1 saturated heterocycles. The number of carbonyl (C=O) groups is 1. The zero-order valence-electron chi connectivity index (χ0n) is 13.8. The molecule has 0 atom stereocenters. The molecular weight excluding hydrogens is 336 g/mol. The maximum absolute atomic E-state index is 12.8. The van der Waals surface area contributed by atoms with Crippen LogP contribution < -0.4 is 5.01 Å². The second-order valence-electron chi connectivity index (χ2n) is 5.72. The molecule has 1 aromatic carbocycles. The van der Waals surface area contributed by atoms with Gasteiger partial charge in [-0.15, -0.1) is 0 Å².